The van der Waals surface area contributed by atoms with Gasteiger partial charge in [0.2, 0.25) is 0 Å². The van der Waals surface area contributed by atoms with Gasteiger partial charge in [-0.2, -0.15) is 4.76 Å². The highest BCUT2D eigenvalue weighted by molar-refractivity contribution is 7.52. The van der Waals surface area contributed by atoms with Crippen molar-refractivity contribution in [3.05, 3.63) is 59.2 Å². The molecule has 0 aromatic heterocycles. The highest BCUT2D eigenvalue weighted by Gasteiger charge is 2.42. The summed E-state index contributed by atoms with van der Waals surface area (Å²) in [6.07, 6.45) is -2.60. The van der Waals surface area contributed by atoms with Crippen LogP contribution >= 0.6 is 7.75 Å². The molecule has 178 valence electrons. The second-order valence-electron chi connectivity index (χ2n) is 8.02. The predicted octanol–water partition coefficient (Wildman–Crippen LogP) is 5.60. The maximum Gasteiger partial charge on any atom is 0.573 e. The van der Waals surface area contributed by atoms with Gasteiger partial charge in [-0.15, -0.1) is 13.2 Å². The van der Waals surface area contributed by atoms with Crippen molar-refractivity contribution in [2.45, 2.75) is 38.2 Å². The number of aromatic hydroxyl groups is 1. The molecule has 2 aliphatic rings. The van der Waals surface area contributed by atoms with Crippen LogP contribution < -0.4 is 4.74 Å². The Kier molecular flexibility index (Phi) is 6.44. The van der Waals surface area contributed by atoms with Gasteiger partial charge in [0, 0.05) is 27.2 Å². The molecule has 1 saturated carbocycles. The van der Waals surface area contributed by atoms with Crippen molar-refractivity contribution >= 4 is 13.6 Å². The predicted molar refractivity (Wildman–Crippen MR) is 115 cm³/mol. The molecule has 0 radical (unpaired) electrons. The van der Waals surface area contributed by atoms with Crippen molar-refractivity contribution < 1.29 is 36.6 Å². The van der Waals surface area contributed by atoms with Crippen LogP contribution in [0.5, 0.6) is 11.5 Å². The van der Waals surface area contributed by atoms with Crippen molar-refractivity contribution in [2.24, 2.45) is 10.7 Å². The quantitative estimate of drug-likeness (QED) is 0.516. The average Bonchev–Trinajstić information content (AvgIpc) is 3.58. The normalized spacial score (nSPS) is 20.1. The summed E-state index contributed by atoms with van der Waals surface area (Å²) in [4.78, 5) is 1.91. The lowest BCUT2D eigenvalue weighted by molar-refractivity contribution is -0.274. The number of rotatable bonds is 7. The maximum absolute atomic E-state index is 12.8. The van der Waals surface area contributed by atoms with Crippen molar-refractivity contribution in [3.8, 4) is 11.5 Å². The average molecular weight is 484 g/mol. The van der Waals surface area contributed by atoms with E-state index in [1.807, 2.05) is 4.90 Å². The fraction of sp³-hybridized carbons (Fsp3) is 0.409. The summed E-state index contributed by atoms with van der Waals surface area (Å²) in [5.41, 5.74) is 2.40. The van der Waals surface area contributed by atoms with Crippen LogP contribution in [0.4, 0.5) is 13.2 Å². The van der Waals surface area contributed by atoms with Crippen molar-refractivity contribution in [1.82, 2.24) is 4.90 Å². The van der Waals surface area contributed by atoms with E-state index in [0.717, 1.165) is 24.0 Å². The molecule has 4 rings (SSSR count). The van der Waals surface area contributed by atoms with Crippen LogP contribution in [0.2, 0.25) is 0 Å². The van der Waals surface area contributed by atoms with Crippen LogP contribution in [-0.4, -0.2) is 36.4 Å². The number of ether oxygens (including phenoxy) is 1. The number of hydrogen-bond acceptors (Lipinski definition) is 5. The Balaban J connectivity index is 1.77. The minimum Gasteiger partial charge on any atom is -0.508 e. The molecule has 11 heteroatoms. The zero-order valence-electron chi connectivity index (χ0n) is 18.1. The highest BCUT2D eigenvalue weighted by atomic mass is 31.2. The van der Waals surface area contributed by atoms with E-state index in [0.29, 0.717) is 17.8 Å². The first-order chi connectivity index (χ1) is 15.6. The number of alkyl halides is 3. The molecule has 1 heterocycles. The molecular weight excluding hydrogens is 460 g/mol. The monoisotopic (exact) mass is 484 g/mol. The third-order valence-corrected chi connectivity index (χ3v) is 7.12. The summed E-state index contributed by atoms with van der Waals surface area (Å²) < 4.78 is 69.4. The Bertz CT molecular complexity index is 1100. The van der Waals surface area contributed by atoms with E-state index < -0.39 is 14.1 Å². The summed E-state index contributed by atoms with van der Waals surface area (Å²) >= 11 is 0. The van der Waals surface area contributed by atoms with Gasteiger partial charge in [0.05, 0.1) is 6.04 Å². The minimum atomic E-state index is -4.80. The first kappa shape index (κ1) is 23.6. The number of benzene rings is 2. The van der Waals surface area contributed by atoms with E-state index in [1.54, 1.807) is 24.3 Å². The lowest BCUT2D eigenvalue weighted by atomic mass is 9.88. The van der Waals surface area contributed by atoms with Gasteiger partial charge >= 0.3 is 14.1 Å². The molecule has 33 heavy (non-hydrogen) atoms. The standard InChI is InChI=1S/C22H24F3N2O5P/c1-30-33(29,31-2)26-20-11-16-8-9-17(28)12-19(16)21(15-6-7-15)27(20)13-14-4-3-5-18(10-14)32-22(23,24)25/h3-5,8-10,12,15,21,28H,6-7,11,13H2,1-2H3/b26-20-. The molecule has 1 aliphatic carbocycles. The number of phenolic OH excluding ortho intramolecular Hbond substituents is 1. The molecule has 0 saturated heterocycles. The van der Waals surface area contributed by atoms with E-state index in [1.165, 1.54) is 32.4 Å². The molecule has 2 aromatic carbocycles. The molecule has 7 nitrogen and oxygen atoms in total. The summed E-state index contributed by atoms with van der Waals surface area (Å²) in [6.45, 7) is 0.192. The second-order valence-corrected chi connectivity index (χ2v) is 9.88. The summed E-state index contributed by atoms with van der Waals surface area (Å²) in [7, 11) is -1.28. The van der Waals surface area contributed by atoms with Gasteiger partial charge in [-0.05, 0) is 59.7 Å². The maximum atomic E-state index is 12.8. The summed E-state index contributed by atoms with van der Waals surface area (Å²) in [5.74, 6) is 0.505. The second kappa shape index (κ2) is 9.00. The van der Waals surface area contributed by atoms with Crippen LogP contribution in [0.1, 0.15) is 35.6 Å². The van der Waals surface area contributed by atoms with Crippen LogP contribution in [0, 0.1) is 5.92 Å². The molecule has 2 aromatic rings. The summed E-state index contributed by atoms with van der Waals surface area (Å²) in [5, 5.41) is 10.1. The molecule has 1 aliphatic heterocycles. The molecular formula is C22H24F3N2O5P. The van der Waals surface area contributed by atoms with Gasteiger partial charge in [0.15, 0.2) is 0 Å². The Hall–Kier alpha value is -2.55. The number of fused-ring (bicyclic) bond motifs is 1. The fourth-order valence-electron chi connectivity index (χ4n) is 4.16. The number of hydrogen-bond donors (Lipinski definition) is 1. The van der Waals surface area contributed by atoms with Crippen LogP contribution in [0.25, 0.3) is 0 Å². The lowest BCUT2D eigenvalue weighted by Gasteiger charge is -2.40. The van der Waals surface area contributed by atoms with E-state index in [4.69, 9.17) is 9.05 Å². The molecule has 1 unspecified atom stereocenters. The van der Waals surface area contributed by atoms with Gasteiger partial charge in [0.25, 0.3) is 0 Å². The third-order valence-electron chi connectivity index (χ3n) is 5.72. The van der Waals surface area contributed by atoms with Crippen LogP contribution in [-0.2, 0) is 26.6 Å². The number of halogens is 3. The van der Waals surface area contributed by atoms with E-state index >= 15 is 0 Å². The van der Waals surface area contributed by atoms with Crippen molar-refractivity contribution in [1.29, 1.82) is 0 Å². The minimum absolute atomic E-state index is 0.125. The number of amidine groups is 1. The zero-order valence-corrected chi connectivity index (χ0v) is 19.0. The largest absolute Gasteiger partial charge is 0.573 e. The van der Waals surface area contributed by atoms with E-state index in [-0.39, 0.29) is 30.0 Å². The zero-order chi connectivity index (χ0) is 23.8. The molecule has 1 N–H and O–H groups in total. The third kappa shape index (κ3) is 5.51. The first-order valence-electron chi connectivity index (χ1n) is 10.3. The van der Waals surface area contributed by atoms with Gasteiger partial charge in [-0.25, -0.2) is 4.57 Å². The van der Waals surface area contributed by atoms with Gasteiger partial charge in [-0.3, -0.25) is 9.05 Å². The molecule has 1 fully saturated rings. The Morgan fingerprint density at radius 2 is 1.88 bits per heavy atom. The lowest BCUT2D eigenvalue weighted by Crippen LogP contribution is -2.41. The van der Waals surface area contributed by atoms with Crippen molar-refractivity contribution in [3.63, 3.8) is 0 Å². The molecule has 1 atom stereocenters. The molecule has 0 spiro atoms. The van der Waals surface area contributed by atoms with E-state index in [2.05, 4.69) is 9.50 Å². The smallest absolute Gasteiger partial charge is 0.508 e. The topological polar surface area (TPSA) is 80.6 Å². The highest BCUT2D eigenvalue weighted by Crippen LogP contribution is 2.52. The van der Waals surface area contributed by atoms with Crippen LogP contribution in [0.3, 0.4) is 0 Å². The van der Waals surface area contributed by atoms with E-state index in [9.17, 15) is 22.8 Å². The molecule has 0 bridgehead atoms. The first-order valence-corrected chi connectivity index (χ1v) is 11.8. The number of nitrogens with zero attached hydrogens (tertiary/aromatic N) is 2. The van der Waals surface area contributed by atoms with Crippen molar-refractivity contribution in [2.75, 3.05) is 14.2 Å². The van der Waals surface area contributed by atoms with Gasteiger partial charge in [0.1, 0.15) is 17.3 Å². The molecule has 0 amide bonds. The number of phenols is 1. The Morgan fingerprint density at radius 3 is 2.52 bits per heavy atom. The van der Waals surface area contributed by atoms with Gasteiger partial charge in [-0.1, -0.05) is 18.2 Å². The Labute approximate surface area is 189 Å². The SMILES string of the molecule is COP(=O)(/N=C1/Cc2ccc(O)cc2C(C2CC2)N1Cc1cccc(OC(F)(F)F)c1)OC. The fourth-order valence-corrected chi connectivity index (χ4v) is 4.94. The van der Waals surface area contributed by atoms with Gasteiger partial charge < -0.3 is 14.7 Å². The van der Waals surface area contributed by atoms with Crippen LogP contribution in [0.15, 0.2) is 47.2 Å². The Morgan fingerprint density at radius 1 is 1.15 bits per heavy atom. The summed E-state index contributed by atoms with van der Waals surface area (Å²) in [6, 6.07) is 10.6.